The summed E-state index contributed by atoms with van der Waals surface area (Å²) < 4.78 is 15.4. The third kappa shape index (κ3) is 5.28. The standard InChI is InChI=1S/C31H32FN3O3/c1-31(2)17-25-29(27(37)18-31)30(22-7-3-4-8-23(22)32)35(26-10-6-5-9-24(26)34-25)19-28(38)33-16-15-20-11-13-21(36)14-12-20/h3-14,30,34,36H,15-19H2,1-2H3,(H,33,38). The number of nitrogens with zero attached hydrogens (tertiary/aromatic N) is 1. The number of nitrogens with one attached hydrogen (secondary N) is 2. The highest BCUT2D eigenvalue weighted by Crippen LogP contribution is 2.48. The number of rotatable bonds is 6. The Kier molecular flexibility index (Phi) is 6.93. The largest absolute Gasteiger partial charge is 0.508 e. The first-order valence-electron chi connectivity index (χ1n) is 12.9. The lowest BCUT2D eigenvalue weighted by Gasteiger charge is -2.38. The van der Waals surface area contributed by atoms with Gasteiger partial charge in [-0.1, -0.05) is 56.3 Å². The highest BCUT2D eigenvalue weighted by Gasteiger charge is 2.42. The molecule has 1 aliphatic heterocycles. The van der Waals surface area contributed by atoms with Crippen LogP contribution >= 0.6 is 0 Å². The molecule has 196 valence electrons. The second-order valence-corrected chi connectivity index (χ2v) is 10.8. The minimum atomic E-state index is -0.756. The number of ketones is 1. The summed E-state index contributed by atoms with van der Waals surface area (Å²) in [5.41, 5.74) is 3.92. The number of carbonyl (C=O) groups excluding carboxylic acids is 2. The molecule has 0 saturated heterocycles. The lowest BCUT2D eigenvalue weighted by Crippen LogP contribution is -2.42. The summed E-state index contributed by atoms with van der Waals surface area (Å²) in [5, 5.41) is 15.9. The molecule has 38 heavy (non-hydrogen) atoms. The number of para-hydroxylation sites is 2. The van der Waals surface area contributed by atoms with Crippen LogP contribution in [0.15, 0.2) is 84.1 Å². The van der Waals surface area contributed by atoms with Crippen molar-refractivity contribution in [2.24, 2.45) is 5.41 Å². The van der Waals surface area contributed by atoms with Crippen molar-refractivity contribution in [3.05, 3.63) is 101 Å². The van der Waals surface area contributed by atoms with Crippen LogP contribution in [-0.2, 0) is 16.0 Å². The third-order valence-electron chi connectivity index (χ3n) is 7.19. The molecule has 1 unspecified atom stereocenters. The van der Waals surface area contributed by atoms with Crippen LogP contribution in [0.1, 0.15) is 43.9 Å². The Labute approximate surface area is 222 Å². The maximum absolute atomic E-state index is 15.4. The van der Waals surface area contributed by atoms with Gasteiger partial charge in [-0.3, -0.25) is 9.59 Å². The van der Waals surface area contributed by atoms with E-state index in [9.17, 15) is 14.7 Å². The molecule has 0 aromatic heterocycles. The van der Waals surface area contributed by atoms with Crippen LogP contribution in [0.5, 0.6) is 5.75 Å². The van der Waals surface area contributed by atoms with Crippen LogP contribution in [0.2, 0.25) is 0 Å². The van der Waals surface area contributed by atoms with Crippen molar-refractivity contribution >= 4 is 23.1 Å². The monoisotopic (exact) mass is 513 g/mol. The lowest BCUT2D eigenvalue weighted by atomic mass is 9.73. The molecule has 1 aliphatic carbocycles. The van der Waals surface area contributed by atoms with E-state index in [4.69, 9.17) is 0 Å². The fourth-order valence-electron chi connectivity index (χ4n) is 5.47. The van der Waals surface area contributed by atoms with Crippen molar-refractivity contribution in [3.63, 3.8) is 0 Å². The van der Waals surface area contributed by atoms with Gasteiger partial charge in [-0.05, 0) is 54.2 Å². The number of anilines is 2. The number of halogens is 1. The number of Topliss-reactive ketones (excluding diaryl/α,β-unsaturated/α-hetero) is 1. The molecular weight excluding hydrogens is 481 g/mol. The van der Waals surface area contributed by atoms with Crippen LogP contribution in [0.4, 0.5) is 15.8 Å². The van der Waals surface area contributed by atoms with E-state index in [1.165, 1.54) is 6.07 Å². The number of aromatic hydroxyl groups is 1. The molecule has 1 atom stereocenters. The van der Waals surface area contributed by atoms with Crippen LogP contribution in [0, 0.1) is 11.2 Å². The van der Waals surface area contributed by atoms with Crippen molar-refractivity contribution < 1.29 is 19.1 Å². The quantitative estimate of drug-likeness (QED) is 0.405. The number of benzene rings is 3. The van der Waals surface area contributed by atoms with E-state index in [2.05, 4.69) is 24.5 Å². The molecule has 3 N–H and O–H groups in total. The fraction of sp³-hybridized carbons (Fsp3) is 0.290. The van der Waals surface area contributed by atoms with E-state index in [1.54, 1.807) is 30.3 Å². The van der Waals surface area contributed by atoms with Crippen molar-refractivity contribution in [2.75, 3.05) is 23.3 Å². The molecule has 0 radical (unpaired) electrons. The number of amides is 1. The van der Waals surface area contributed by atoms with E-state index in [0.717, 1.165) is 22.6 Å². The number of hydrogen-bond acceptors (Lipinski definition) is 5. The number of phenolic OH excluding ortho intramolecular Hbond substituents is 1. The van der Waals surface area contributed by atoms with E-state index in [0.29, 0.717) is 36.9 Å². The van der Waals surface area contributed by atoms with Crippen molar-refractivity contribution in [2.45, 2.75) is 39.2 Å². The number of fused-ring (bicyclic) bond motifs is 1. The summed E-state index contributed by atoms with van der Waals surface area (Å²) in [6, 6.07) is 20.2. The Morgan fingerprint density at radius 2 is 1.76 bits per heavy atom. The first-order chi connectivity index (χ1) is 18.2. The molecule has 0 fully saturated rings. The molecular formula is C31H32FN3O3. The van der Waals surface area contributed by atoms with Gasteiger partial charge in [-0.25, -0.2) is 4.39 Å². The smallest absolute Gasteiger partial charge is 0.239 e. The summed E-state index contributed by atoms with van der Waals surface area (Å²) in [6.45, 7) is 4.47. The number of carbonyl (C=O) groups is 2. The van der Waals surface area contributed by atoms with Gasteiger partial charge in [0.15, 0.2) is 5.78 Å². The van der Waals surface area contributed by atoms with E-state index >= 15 is 4.39 Å². The Bertz CT molecular complexity index is 1400. The Morgan fingerprint density at radius 3 is 2.53 bits per heavy atom. The zero-order valence-corrected chi connectivity index (χ0v) is 21.6. The Balaban J connectivity index is 1.51. The van der Waals surface area contributed by atoms with Gasteiger partial charge in [0.2, 0.25) is 5.91 Å². The highest BCUT2D eigenvalue weighted by atomic mass is 19.1. The summed E-state index contributed by atoms with van der Waals surface area (Å²) >= 11 is 0. The second kappa shape index (κ2) is 10.3. The van der Waals surface area contributed by atoms with Crippen molar-refractivity contribution in [1.29, 1.82) is 0 Å². The summed E-state index contributed by atoms with van der Waals surface area (Å²) in [5.74, 6) is -0.492. The molecule has 0 bridgehead atoms. The molecule has 5 rings (SSSR count). The molecule has 1 heterocycles. The van der Waals surface area contributed by atoms with E-state index < -0.39 is 11.9 Å². The average molecular weight is 514 g/mol. The number of allylic oxidation sites excluding steroid dienone is 1. The lowest BCUT2D eigenvalue weighted by molar-refractivity contribution is -0.120. The highest BCUT2D eigenvalue weighted by molar-refractivity contribution is 6.01. The molecule has 6 nitrogen and oxygen atoms in total. The summed E-state index contributed by atoms with van der Waals surface area (Å²) in [4.78, 5) is 28.8. The third-order valence-corrected chi connectivity index (χ3v) is 7.19. The van der Waals surface area contributed by atoms with Gasteiger partial charge in [0, 0.05) is 29.8 Å². The molecule has 2 aliphatic rings. The molecule has 3 aromatic carbocycles. The molecule has 0 saturated carbocycles. The van der Waals surface area contributed by atoms with Crippen molar-refractivity contribution in [3.8, 4) is 5.75 Å². The summed E-state index contributed by atoms with van der Waals surface area (Å²) in [6.07, 6.45) is 1.59. The van der Waals surface area contributed by atoms with E-state index in [1.807, 2.05) is 41.3 Å². The van der Waals surface area contributed by atoms with Gasteiger partial charge in [0.1, 0.15) is 11.6 Å². The summed E-state index contributed by atoms with van der Waals surface area (Å²) in [7, 11) is 0. The van der Waals surface area contributed by atoms with Crippen LogP contribution in [-0.4, -0.2) is 29.9 Å². The van der Waals surface area contributed by atoms with Crippen LogP contribution in [0.25, 0.3) is 0 Å². The first-order valence-corrected chi connectivity index (χ1v) is 12.9. The zero-order chi connectivity index (χ0) is 26.9. The van der Waals surface area contributed by atoms with Gasteiger partial charge >= 0.3 is 0 Å². The predicted octanol–water partition coefficient (Wildman–Crippen LogP) is 5.51. The van der Waals surface area contributed by atoms with Gasteiger partial charge in [-0.2, -0.15) is 0 Å². The molecule has 3 aromatic rings. The topological polar surface area (TPSA) is 81.7 Å². The molecule has 7 heteroatoms. The van der Waals surface area contributed by atoms with Crippen molar-refractivity contribution in [1.82, 2.24) is 5.32 Å². The normalized spacial score (nSPS) is 18.2. The molecule has 1 amide bonds. The minimum absolute atomic E-state index is 0.0393. The van der Waals surface area contributed by atoms with Gasteiger partial charge in [0.25, 0.3) is 0 Å². The average Bonchev–Trinajstić information content (AvgIpc) is 2.99. The van der Waals surface area contributed by atoms with Gasteiger partial charge in [0.05, 0.1) is 24.0 Å². The van der Waals surface area contributed by atoms with Gasteiger partial charge in [-0.15, -0.1) is 0 Å². The van der Waals surface area contributed by atoms with Crippen LogP contribution < -0.4 is 15.5 Å². The SMILES string of the molecule is CC1(C)CC(=O)C2=C(C1)Nc1ccccc1N(CC(=O)NCCc1ccc(O)cc1)C2c1ccccc1F. The maximum atomic E-state index is 15.4. The zero-order valence-electron chi connectivity index (χ0n) is 21.6. The number of hydrogen-bond donors (Lipinski definition) is 3. The first kappa shape index (κ1) is 25.5. The molecule has 0 spiro atoms. The Morgan fingerprint density at radius 1 is 1.05 bits per heavy atom. The predicted molar refractivity (Wildman–Crippen MR) is 146 cm³/mol. The maximum Gasteiger partial charge on any atom is 0.239 e. The van der Waals surface area contributed by atoms with Gasteiger partial charge < -0.3 is 20.6 Å². The minimum Gasteiger partial charge on any atom is -0.508 e. The van der Waals surface area contributed by atoms with Crippen LogP contribution in [0.3, 0.4) is 0 Å². The fourth-order valence-corrected chi connectivity index (χ4v) is 5.47. The number of phenols is 1. The second-order valence-electron chi connectivity index (χ2n) is 10.8. The Hall–Kier alpha value is -4.13. The van der Waals surface area contributed by atoms with E-state index in [-0.39, 0.29) is 29.4 Å².